The lowest BCUT2D eigenvalue weighted by molar-refractivity contribution is 0.188. The van der Waals surface area contributed by atoms with Crippen LogP contribution in [0.3, 0.4) is 0 Å². The number of hydrogen-bond acceptors (Lipinski definition) is 5. The summed E-state index contributed by atoms with van der Waals surface area (Å²) in [6, 6.07) is 0. The molecule has 2 heterocycles. The van der Waals surface area contributed by atoms with Crippen LogP contribution in [0.2, 0.25) is 0 Å². The van der Waals surface area contributed by atoms with Crippen molar-refractivity contribution in [1.82, 2.24) is 20.3 Å². The minimum absolute atomic E-state index is 0.456. The average Bonchev–Trinajstić information content (AvgIpc) is 2.70. The molecule has 118 valence electrons. The van der Waals surface area contributed by atoms with Gasteiger partial charge < -0.3 is 19.5 Å². The highest BCUT2D eigenvalue weighted by Crippen LogP contribution is 2.16. The second kappa shape index (κ2) is 7.72. The molecule has 2 rings (SSSR count). The summed E-state index contributed by atoms with van der Waals surface area (Å²) >= 11 is 5.39. The molecule has 0 aliphatic carbocycles. The standard InChI is InChI=1S/C14H24N4O2S/c1-11-13(12(2)20-16-11)9-17-5-4-6-18(8-7-17)14(21)15-10-19-3/h4-10H2,1-3H3,(H,15,21). The van der Waals surface area contributed by atoms with Gasteiger partial charge in [0.25, 0.3) is 0 Å². The van der Waals surface area contributed by atoms with Gasteiger partial charge in [0, 0.05) is 45.4 Å². The van der Waals surface area contributed by atoms with Crippen molar-refractivity contribution in [3.63, 3.8) is 0 Å². The minimum atomic E-state index is 0.456. The Bertz CT molecular complexity index is 458. The molecule has 1 saturated heterocycles. The lowest BCUT2D eigenvalue weighted by Crippen LogP contribution is -2.42. The summed E-state index contributed by atoms with van der Waals surface area (Å²) in [5.41, 5.74) is 2.20. The molecular formula is C14H24N4O2S. The van der Waals surface area contributed by atoms with Gasteiger partial charge in [0.1, 0.15) is 12.5 Å². The molecule has 0 bridgehead atoms. The van der Waals surface area contributed by atoms with E-state index in [4.69, 9.17) is 21.5 Å². The van der Waals surface area contributed by atoms with Crippen molar-refractivity contribution in [2.45, 2.75) is 26.8 Å². The van der Waals surface area contributed by atoms with Gasteiger partial charge in [-0.05, 0) is 32.5 Å². The molecular weight excluding hydrogens is 288 g/mol. The van der Waals surface area contributed by atoms with Crippen LogP contribution in [-0.2, 0) is 11.3 Å². The van der Waals surface area contributed by atoms with E-state index in [1.54, 1.807) is 7.11 Å². The Kier molecular flexibility index (Phi) is 5.96. The third-order valence-corrected chi connectivity index (χ3v) is 4.21. The van der Waals surface area contributed by atoms with Gasteiger partial charge in [0.05, 0.1) is 5.69 Å². The predicted octanol–water partition coefficient (Wildman–Crippen LogP) is 1.28. The fraction of sp³-hybridized carbons (Fsp3) is 0.714. The number of rotatable bonds is 4. The summed E-state index contributed by atoms with van der Waals surface area (Å²) in [7, 11) is 1.66. The van der Waals surface area contributed by atoms with Gasteiger partial charge in [0.15, 0.2) is 5.11 Å². The third kappa shape index (κ3) is 4.39. The molecule has 0 aromatic carbocycles. The highest BCUT2D eigenvalue weighted by atomic mass is 32.1. The summed E-state index contributed by atoms with van der Waals surface area (Å²) in [6.45, 7) is 9.29. The van der Waals surface area contributed by atoms with E-state index in [0.717, 1.165) is 55.7 Å². The largest absolute Gasteiger partial charge is 0.365 e. The molecule has 1 aromatic rings. The van der Waals surface area contributed by atoms with Crippen molar-refractivity contribution in [2.75, 3.05) is 40.0 Å². The highest BCUT2D eigenvalue weighted by Gasteiger charge is 2.19. The first-order valence-corrected chi connectivity index (χ1v) is 7.68. The van der Waals surface area contributed by atoms with E-state index in [1.165, 1.54) is 5.56 Å². The Balaban J connectivity index is 1.87. The first kappa shape index (κ1) is 16.2. The predicted molar refractivity (Wildman–Crippen MR) is 85.1 cm³/mol. The summed E-state index contributed by atoms with van der Waals surface area (Å²) < 4.78 is 10.2. The van der Waals surface area contributed by atoms with Gasteiger partial charge in [-0.3, -0.25) is 4.90 Å². The summed E-state index contributed by atoms with van der Waals surface area (Å²) in [5, 5.41) is 7.90. The van der Waals surface area contributed by atoms with E-state index in [2.05, 4.69) is 20.3 Å². The quantitative estimate of drug-likeness (QED) is 0.664. The molecule has 0 amide bonds. The van der Waals surface area contributed by atoms with Gasteiger partial charge in [0.2, 0.25) is 0 Å². The summed E-state index contributed by atoms with van der Waals surface area (Å²) in [5.74, 6) is 0.922. The molecule has 1 aliphatic rings. The van der Waals surface area contributed by atoms with Crippen molar-refractivity contribution >= 4 is 17.3 Å². The third-order valence-electron chi connectivity index (χ3n) is 3.81. The Morgan fingerprint density at radius 3 is 2.81 bits per heavy atom. The van der Waals surface area contributed by atoms with Crippen LogP contribution in [0.4, 0.5) is 0 Å². The van der Waals surface area contributed by atoms with Crippen LogP contribution in [0.5, 0.6) is 0 Å². The van der Waals surface area contributed by atoms with Gasteiger partial charge in [-0.2, -0.15) is 0 Å². The van der Waals surface area contributed by atoms with Crippen LogP contribution >= 0.6 is 12.2 Å². The van der Waals surface area contributed by atoms with Crippen molar-refractivity contribution in [1.29, 1.82) is 0 Å². The van der Waals surface area contributed by atoms with Gasteiger partial charge >= 0.3 is 0 Å². The monoisotopic (exact) mass is 312 g/mol. The zero-order valence-corrected chi connectivity index (χ0v) is 13.8. The lowest BCUT2D eigenvalue weighted by atomic mass is 10.2. The number of methoxy groups -OCH3 is 1. The Labute approximate surface area is 131 Å². The van der Waals surface area contributed by atoms with E-state index >= 15 is 0 Å². The maximum absolute atomic E-state index is 5.39. The Morgan fingerprint density at radius 2 is 2.14 bits per heavy atom. The zero-order valence-electron chi connectivity index (χ0n) is 13.0. The van der Waals surface area contributed by atoms with Crippen LogP contribution in [0.15, 0.2) is 4.52 Å². The smallest absolute Gasteiger partial charge is 0.170 e. The van der Waals surface area contributed by atoms with Crippen LogP contribution in [-0.4, -0.2) is 60.1 Å². The normalized spacial score (nSPS) is 16.8. The van der Waals surface area contributed by atoms with Gasteiger partial charge in [-0.25, -0.2) is 0 Å². The summed E-state index contributed by atoms with van der Waals surface area (Å²) in [4.78, 5) is 4.65. The SMILES string of the molecule is COCNC(=S)N1CCCN(Cc2c(C)noc2C)CC1. The zero-order chi connectivity index (χ0) is 15.2. The van der Waals surface area contributed by atoms with Gasteiger partial charge in [-0.15, -0.1) is 0 Å². The molecule has 1 fully saturated rings. The minimum Gasteiger partial charge on any atom is -0.365 e. The van der Waals surface area contributed by atoms with Crippen molar-refractivity contribution in [3.8, 4) is 0 Å². The Morgan fingerprint density at radius 1 is 1.33 bits per heavy atom. The molecule has 1 aromatic heterocycles. The molecule has 1 N–H and O–H groups in total. The molecule has 6 nitrogen and oxygen atoms in total. The fourth-order valence-electron chi connectivity index (χ4n) is 2.53. The van der Waals surface area contributed by atoms with Crippen LogP contribution in [0.25, 0.3) is 0 Å². The van der Waals surface area contributed by atoms with Crippen molar-refractivity contribution in [2.24, 2.45) is 0 Å². The molecule has 1 aliphatic heterocycles. The van der Waals surface area contributed by atoms with Crippen molar-refractivity contribution in [3.05, 3.63) is 17.0 Å². The molecule has 0 unspecified atom stereocenters. The number of nitrogens with one attached hydrogen (secondary N) is 1. The van der Waals surface area contributed by atoms with Crippen molar-refractivity contribution < 1.29 is 9.26 Å². The molecule has 21 heavy (non-hydrogen) atoms. The maximum atomic E-state index is 5.39. The van der Waals surface area contributed by atoms with E-state index in [9.17, 15) is 0 Å². The Hall–Kier alpha value is -1.18. The van der Waals surface area contributed by atoms with Gasteiger partial charge in [-0.1, -0.05) is 5.16 Å². The topological polar surface area (TPSA) is 53.8 Å². The lowest BCUT2D eigenvalue weighted by Gasteiger charge is -2.24. The second-order valence-corrected chi connectivity index (χ2v) is 5.72. The fourth-order valence-corrected chi connectivity index (χ4v) is 2.77. The first-order chi connectivity index (χ1) is 10.1. The number of nitrogens with zero attached hydrogens (tertiary/aromatic N) is 3. The van der Waals surface area contributed by atoms with Crippen LogP contribution in [0, 0.1) is 13.8 Å². The summed E-state index contributed by atoms with van der Waals surface area (Å²) in [6.07, 6.45) is 1.10. The molecule has 7 heteroatoms. The second-order valence-electron chi connectivity index (χ2n) is 5.33. The van der Waals surface area contributed by atoms with Crippen LogP contribution < -0.4 is 5.32 Å². The number of thiocarbonyl (C=S) groups is 1. The maximum Gasteiger partial charge on any atom is 0.170 e. The average molecular weight is 312 g/mol. The van der Waals surface area contributed by atoms with E-state index in [1.807, 2.05) is 13.8 Å². The van der Waals surface area contributed by atoms with E-state index in [0.29, 0.717) is 6.73 Å². The molecule has 0 saturated carbocycles. The molecule has 0 spiro atoms. The molecule has 0 radical (unpaired) electrons. The first-order valence-electron chi connectivity index (χ1n) is 7.27. The highest BCUT2D eigenvalue weighted by molar-refractivity contribution is 7.80. The van der Waals surface area contributed by atoms with Crippen LogP contribution in [0.1, 0.15) is 23.4 Å². The number of hydrogen-bond donors (Lipinski definition) is 1. The number of aryl methyl sites for hydroxylation is 2. The van der Waals surface area contributed by atoms with E-state index in [-0.39, 0.29) is 0 Å². The number of aromatic nitrogens is 1. The molecule has 0 atom stereocenters. The van der Waals surface area contributed by atoms with E-state index < -0.39 is 0 Å². The number of ether oxygens (including phenoxy) is 1.